The zero-order valence-electron chi connectivity index (χ0n) is 10.7. The van der Waals surface area contributed by atoms with Crippen molar-refractivity contribution in [2.24, 2.45) is 5.73 Å². The maximum absolute atomic E-state index is 11.3. The monoisotopic (exact) mass is 256 g/mol. The van der Waals surface area contributed by atoms with Gasteiger partial charge in [-0.15, -0.1) is 0 Å². The number of carbonyl (C=O) groups is 1. The van der Waals surface area contributed by atoms with Crippen LogP contribution in [0.15, 0.2) is 48.5 Å². The van der Waals surface area contributed by atoms with Crippen LogP contribution < -0.4 is 11.1 Å². The molecule has 0 heterocycles. The minimum atomic E-state index is -0.334. The van der Waals surface area contributed by atoms with Crippen LogP contribution in [0, 0.1) is 0 Å². The van der Waals surface area contributed by atoms with Crippen molar-refractivity contribution in [1.29, 1.82) is 0 Å². The van der Waals surface area contributed by atoms with Gasteiger partial charge in [-0.3, -0.25) is 0 Å². The molecule has 0 fully saturated rings. The predicted molar refractivity (Wildman–Crippen MR) is 75.4 cm³/mol. The molecule has 0 saturated carbocycles. The van der Waals surface area contributed by atoms with Crippen molar-refractivity contribution in [2.45, 2.75) is 6.54 Å². The third-order valence-electron chi connectivity index (χ3n) is 2.78. The second-order valence-corrected chi connectivity index (χ2v) is 4.09. The second kappa shape index (κ2) is 6.02. The summed E-state index contributed by atoms with van der Waals surface area (Å²) in [6.07, 6.45) is 0. The summed E-state index contributed by atoms with van der Waals surface area (Å²) in [5.41, 5.74) is 9.06. The highest BCUT2D eigenvalue weighted by atomic mass is 16.5. The molecule has 19 heavy (non-hydrogen) atoms. The number of benzene rings is 2. The number of rotatable bonds is 4. The van der Waals surface area contributed by atoms with Crippen molar-refractivity contribution in [2.75, 3.05) is 12.4 Å². The first-order chi connectivity index (χ1) is 9.22. The van der Waals surface area contributed by atoms with Gasteiger partial charge >= 0.3 is 5.97 Å². The van der Waals surface area contributed by atoms with E-state index in [1.54, 1.807) is 12.1 Å². The molecule has 0 unspecified atom stereocenters. The van der Waals surface area contributed by atoms with E-state index in [9.17, 15) is 4.79 Å². The average Bonchev–Trinajstić information content (AvgIpc) is 2.48. The van der Waals surface area contributed by atoms with Crippen LogP contribution in [-0.2, 0) is 11.3 Å². The Balaban J connectivity index is 2.08. The number of hydrogen-bond donors (Lipinski definition) is 2. The van der Waals surface area contributed by atoms with Crippen LogP contribution in [0.25, 0.3) is 0 Å². The molecular weight excluding hydrogens is 240 g/mol. The van der Waals surface area contributed by atoms with E-state index in [1.165, 1.54) is 7.11 Å². The maximum atomic E-state index is 11.3. The fourth-order valence-electron chi connectivity index (χ4n) is 1.70. The minimum absolute atomic E-state index is 0.334. The number of esters is 1. The molecule has 0 radical (unpaired) electrons. The van der Waals surface area contributed by atoms with E-state index >= 15 is 0 Å². The smallest absolute Gasteiger partial charge is 0.337 e. The van der Waals surface area contributed by atoms with Crippen molar-refractivity contribution in [3.63, 3.8) is 0 Å². The molecule has 0 aromatic heterocycles. The van der Waals surface area contributed by atoms with E-state index < -0.39 is 0 Å². The summed E-state index contributed by atoms with van der Waals surface area (Å²) >= 11 is 0. The lowest BCUT2D eigenvalue weighted by Gasteiger charge is -2.07. The highest BCUT2D eigenvalue weighted by Crippen LogP contribution is 2.17. The highest BCUT2D eigenvalue weighted by Gasteiger charge is 2.04. The van der Waals surface area contributed by atoms with E-state index in [4.69, 9.17) is 5.73 Å². The van der Waals surface area contributed by atoms with Crippen LogP contribution in [0.3, 0.4) is 0 Å². The SMILES string of the molecule is COC(=O)c1ccc(Nc2ccc(CN)cc2)cc1. The van der Waals surface area contributed by atoms with E-state index in [0.717, 1.165) is 16.9 Å². The third-order valence-corrected chi connectivity index (χ3v) is 2.78. The number of ether oxygens (including phenoxy) is 1. The molecule has 2 aromatic carbocycles. The fraction of sp³-hybridized carbons (Fsp3) is 0.133. The van der Waals surface area contributed by atoms with Crippen molar-refractivity contribution in [1.82, 2.24) is 0 Å². The summed E-state index contributed by atoms with van der Waals surface area (Å²) in [5.74, 6) is -0.334. The first-order valence-corrected chi connectivity index (χ1v) is 5.97. The van der Waals surface area contributed by atoms with Gasteiger partial charge in [0.15, 0.2) is 0 Å². The molecule has 3 N–H and O–H groups in total. The summed E-state index contributed by atoms with van der Waals surface area (Å²) < 4.78 is 4.65. The standard InChI is InChI=1S/C15H16N2O2/c1-19-15(18)12-4-8-14(9-5-12)17-13-6-2-11(10-16)3-7-13/h2-9,17H,10,16H2,1H3. The van der Waals surface area contributed by atoms with Crippen molar-refractivity contribution in [3.8, 4) is 0 Å². The van der Waals surface area contributed by atoms with Gasteiger partial charge in [0.2, 0.25) is 0 Å². The Labute approximate surface area is 112 Å². The average molecular weight is 256 g/mol. The van der Waals surface area contributed by atoms with Crippen LogP contribution in [-0.4, -0.2) is 13.1 Å². The molecule has 0 bridgehead atoms. The first-order valence-electron chi connectivity index (χ1n) is 5.97. The Morgan fingerprint density at radius 1 is 1.05 bits per heavy atom. The zero-order chi connectivity index (χ0) is 13.7. The largest absolute Gasteiger partial charge is 0.465 e. The predicted octanol–water partition coefficient (Wildman–Crippen LogP) is 2.68. The van der Waals surface area contributed by atoms with Crippen LogP contribution in [0.2, 0.25) is 0 Å². The molecule has 4 nitrogen and oxygen atoms in total. The number of nitrogens with two attached hydrogens (primary N) is 1. The van der Waals surface area contributed by atoms with E-state index in [-0.39, 0.29) is 5.97 Å². The quantitative estimate of drug-likeness (QED) is 0.825. The molecule has 4 heteroatoms. The Bertz CT molecular complexity index is 547. The Morgan fingerprint density at radius 3 is 2.05 bits per heavy atom. The molecule has 0 aliphatic rings. The maximum Gasteiger partial charge on any atom is 0.337 e. The third kappa shape index (κ3) is 3.33. The molecule has 0 atom stereocenters. The van der Waals surface area contributed by atoms with E-state index in [1.807, 2.05) is 36.4 Å². The molecule has 0 saturated heterocycles. The van der Waals surface area contributed by atoms with Crippen LogP contribution in [0.4, 0.5) is 11.4 Å². The molecule has 2 rings (SSSR count). The fourth-order valence-corrected chi connectivity index (χ4v) is 1.70. The lowest BCUT2D eigenvalue weighted by Crippen LogP contribution is -2.01. The van der Waals surface area contributed by atoms with Gasteiger partial charge in [0.1, 0.15) is 0 Å². The molecular formula is C15H16N2O2. The molecule has 98 valence electrons. The second-order valence-electron chi connectivity index (χ2n) is 4.09. The van der Waals surface area contributed by atoms with Gasteiger partial charge in [0.25, 0.3) is 0 Å². The first kappa shape index (κ1) is 13.1. The van der Waals surface area contributed by atoms with Crippen molar-refractivity contribution >= 4 is 17.3 Å². The summed E-state index contributed by atoms with van der Waals surface area (Å²) in [4.78, 5) is 11.3. The van der Waals surface area contributed by atoms with Gasteiger partial charge in [-0.25, -0.2) is 4.79 Å². The number of methoxy groups -OCH3 is 1. The highest BCUT2D eigenvalue weighted by molar-refractivity contribution is 5.89. The van der Waals surface area contributed by atoms with E-state index in [0.29, 0.717) is 12.1 Å². The zero-order valence-corrected chi connectivity index (χ0v) is 10.7. The van der Waals surface area contributed by atoms with Gasteiger partial charge in [-0.1, -0.05) is 12.1 Å². The van der Waals surface area contributed by atoms with Gasteiger partial charge in [-0.2, -0.15) is 0 Å². The normalized spacial score (nSPS) is 10.0. The Morgan fingerprint density at radius 2 is 1.58 bits per heavy atom. The van der Waals surface area contributed by atoms with Crippen molar-refractivity contribution in [3.05, 3.63) is 59.7 Å². The number of carbonyl (C=O) groups excluding carboxylic acids is 1. The molecule has 0 aliphatic heterocycles. The summed E-state index contributed by atoms with van der Waals surface area (Å²) in [6, 6.07) is 15.0. The topological polar surface area (TPSA) is 64.3 Å². The van der Waals surface area contributed by atoms with Crippen LogP contribution in [0.1, 0.15) is 15.9 Å². The number of hydrogen-bond acceptors (Lipinski definition) is 4. The minimum Gasteiger partial charge on any atom is -0.465 e. The summed E-state index contributed by atoms with van der Waals surface area (Å²) in [5, 5.41) is 3.25. The molecule has 2 aromatic rings. The van der Waals surface area contributed by atoms with Crippen LogP contribution in [0.5, 0.6) is 0 Å². The Hall–Kier alpha value is -2.33. The molecule has 0 spiro atoms. The van der Waals surface area contributed by atoms with Gasteiger partial charge in [0, 0.05) is 17.9 Å². The number of anilines is 2. The Kier molecular flexibility index (Phi) is 4.15. The van der Waals surface area contributed by atoms with Gasteiger partial charge < -0.3 is 15.8 Å². The molecule has 0 amide bonds. The van der Waals surface area contributed by atoms with Crippen molar-refractivity contribution < 1.29 is 9.53 Å². The van der Waals surface area contributed by atoms with Gasteiger partial charge in [-0.05, 0) is 42.0 Å². The van der Waals surface area contributed by atoms with Gasteiger partial charge in [0.05, 0.1) is 12.7 Å². The number of nitrogens with one attached hydrogen (secondary N) is 1. The molecule has 0 aliphatic carbocycles. The van der Waals surface area contributed by atoms with Crippen LogP contribution >= 0.6 is 0 Å². The van der Waals surface area contributed by atoms with E-state index in [2.05, 4.69) is 10.1 Å². The lowest BCUT2D eigenvalue weighted by atomic mass is 10.2. The lowest BCUT2D eigenvalue weighted by molar-refractivity contribution is 0.0601. The summed E-state index contributed by atoms with van der Waals surface area (Å²) in [7, 11) is 1.37. The summed E-state index contributed by atoms with van der Waals surface area (Å²) in [6.45, 7) is 0.536.